The van der Waals surface area contributed by atoms with E-state index in [2.05, 4.69) is 13.8 Å². The third-order valence-corrected chi connectivity index (χ3v) is 22.4. The average Bonchev–Trinajstić information content (AvgIpc) is 4.09. The zero-order valence-electron chi connectivity index (χ0n) is 41.6. The predicted octanol–water partition coefficient (Wildman–Crippen LogP) is 2.46. The molecule has 8 aliphatic carbocycles. The van der Waals surface area contributed by atoms with Crippen molar-refractivity contribution in [1.82, 2.24) is 0 Å². The molecule has 0 bridgehead atoms. The lowest BCUT2D eigenvalue weighted by Crippen LogP contribution is -2.72. The van der Waals surface area contributed by atoms with Gasteiger partial charge in [-0.25, -0.2) is 9.59 Å². The Bertz CT molecular complexity index is 2250. The first kappa shape index (κ1) is 51.5. The molecule has 11 aliphatic rings. The number of cyclic esters (lactones) is 2. The minimum atomic E-state index is -1.44. The van der Waals surface area contributed by atoms with E-state index in [0.29, 0.717) is 70.6 Å². The molecule has 0 radical (unpaired) electrons. The van der Waals surface area contributed by atoms with E-state index in [4.69, 9.17) is 18.9 Å². The normalized spacial score (nSPS) is 53.9. The first-order valence-electron chi connectivity index (χ1n) is 26.5. The number of ketones is 1. The van der Waals surface area contributed by atoms with E-state index in [1.54, 1.807) is 19.1 Å². The highest BCUT2D eigenvalue weighted by atomic mass is 16.7. The van der Waals surface area contributed by atoms with Crippen LogP contribution >= 0.6 is 0 Å². The molecule has 22 atom stereocenters. The molecule has 0 amide bonds. The molecule has 11 rings (SSSR count). The maximum Gasteiger partial charge on any atom is 0.331 e. The Labute approximate surface area is 414 Å². The number of hydrogen-bond acceptors (Lipinski definition) is 17. The lowest BCUT2D eigenvalue weighted by molar-refractivity contribution is -0.317. The average molecular weight is 997 g/mol. The molecule has 17 heteroatoms. The fraction of sp³-hybridized carbons (Fsp3) is 0.833. The number of aliphatic hydroxyl groups is 8. The number of fused-ring (bicyclic) bond motifs is 10. The second kappa shape index (κ2) is 17.6. The SMILES string of the molecule is CC(=O)C1C[C@H](O)C[C@@]2(O)CC[C@@H]3[C@H](CC[C@]4(C)[C@@H](C5=CC(=O)OC5)CC[C@]34O)[C@@]12C=O.C[C@@H]1O[C@@H](O[C@H]2CC[C@]3(C=O)[C@H]4CC[C@]5(C)[C@@H](C6=CC(=O)OC6)CC[C@]5(O)[C@@H]4CC[C@]3(O)C2)[C@H](O)[C@H](O)[C@H]1O. The first-order valence-corrected chi connectivity index (χ1v) is 26.5. The van der Waals surface area contributed by atoms with E-state index in [1.165, 1.54) is 6.92 Å². The number of carbonyl (C=O) groups is 5. The van der Waals surface area contributed by atoms with Crippen LogP contribution in [0.1, 0.15) is 137 Å². The third kappa shape index (κ3) is 7.16. The van der Waals surface area contributed by atoms with Crippen LogP contribution in [0.25, 0.3) is 0 Å². The molecule has 71 heavy (non-hydrogen) atoms. The molecule has 1 unspecified atom stereocenters. The predicted molar refractivity (Wildman–Crippen MR) is 248 cm³/mol. The summed E-state index contributed by atoms with van der Waals surface area (Å²) in [7, 11) is 0. The molecule has 3 heterocycles. The number of rotatable bonds is 7. The Morgan fingerprint density at radius 3 is 1.70 bits per heavy atom. The van der Waals surface area contributed by atoms with Gasteiger partial charge in [-0.05, 0) is 157 Å². The van der Waals surface area contributed by atoms with Crippen molar-refractivity contribution in [2.75, 3.05) is 13.2 Å². The molecule has 0 spiro atoms. The quantitative estimate of drug-likeness (QED) is 0.103. The van der Waals surface area contributed by atoms with Gasteiger partial charge in [0.05, 0.1) is 51.5 Å². The highest BCUT2D eigenvalue weighted by molar-refractivity contribution is 5.86. The Kier molecular flexibility index (Phi) is 12.7. The zero-order valence-corrected chi connectivity index (χ0v) is 41.6. The summed E-state index contributed by atoms with van der Waals surface area (Å²) in [6.45, 7) is 7.78. The lowest BCUT2D eigenvalue weighted by Gasteiger charge is -2.66. The minimum absolute atomic E-state index is 0.0321. The summed E-state index contributed by atoms with van der Waals surface area (Å²) >= 11 is 0. The third-order valence-electron chi connectivity index (χ3n) is 22.4. The Hall–Kier alpha value is -2.97. The van der Waals surface area contributed by atoms with Gasteiger partial charge in [0.25, 0.3) is 0 Å². The smallest absolute Gasteiger partial charge is 0.331 e. The standard InChI is InChI=1S/C29H42O10.C25H34O7/c1-15-22(32)23(33)24(34)25(38-15)39-17-3-8-27(14-30)19-4-7-26(2)18(16-11-21(31)37-13-16)6-10-29(26,36)20(19)5-9-28(27,35)12-17;1-14(27)20-10-16(28)11-23(30)7-4-19-18(24(20,23)13-26)3-6-22(2)17(5-8-25(19,22)31)15-9-21(29)32-12-15/h11,14-15,17-20,22-25,32-36H,3-10,12-13H2,1-2H3;9,13,16-20,28,30-31H,3-8,10-12H2,1-2H3/t15-,17-,18+,19-,20+,22-,23+,24+,25-,26+,27-,28-,29-;16-,17+,18-,19+,20?,22+,23-,24-,25-/m00/s1. The number of aldehydes is 2. The molecule has 3 aliphatic heterocycles. The van der Waals surface area contributed by atoms with Gasteiger partial charge in [-0.3, -0.25) is 4.79 Å². The van der Waals surface area contributed by atoms with Gasteiger partial charge in [-0.1, -0.05) is 13.8 Å². The van der Waals surface area contributed by atoms with Crippen LogP contribution in [0.2, 0.25) is 0 Å². The summed E-state index contributed by atoms with van der Waals surface area (Å²) in [5.41, 5.74) is -6.17. The van der Waals surface area contributed by atoms with Crippen molar-refractivity contribution in [2.45, 2.75) is 202 Å². The van der Waals surface area contributed by atoms with Crippen LogP contribution in [-0.2, 0) is 42.9 Å². The van der Waals surface area contributed by atoms with E-state index < -0.39 is 92.9 Å². The molecule has 8 N–H and O–H groups in total. The van der Waals surface area contributed by atoms with Gasteiger partial charge in [0, 0.05) is 41.7 Å². The molecule has 8 saturated carbocycles. The van der Waals surface area contributed by atoms with Crippen molar-refractivity contribution in [2.24, 2.45) is 63.1 Å². The molecular weight excluding hydrogens is 921 g/mol. The summed E-state index contributed by atoms with van der Waals surface area (Å²) in [6, 6.07) is 0. The summed E-state index contributed by atoms with van der Waals surface area (Å²) < 4.78 is 22.0. The second-order valence-corrected chi connectivity index (χ2v) is 24.8. The molecule has 1 saturated heterocycles. The van der Waals surface area contributed by atoms with Crippen molar-refractivity contribution >= 4 is 30.3 Å². The topological polar surface area (TPSA) is 284 Å². The highest BCUT2D eigenvalue weighted by Gasteiger charge is 2.75. The lowest BCUT2D eigenvalue weighted by atomic mass is 9.39. The van der Waals surface area contributed by atoms with Crippen LogP contribution in [0.4, 0.5) is 0 Å². The van der Waals surface area contributed by atoms with Crippen LogP contribution in [0.5, 0.6) is 0 Å². The highest BCUT2D eigenvalue weighted by Crippen LogP contribution is 2.73. The fourth-order valence-electron chi connectivity index (χ4n) is 18.7. The Morgan fingerprint density at radius 2 is 1.18 bits per heavy atom. The van der Waals surface area contributed by atoms with Gasteiger partial charge in [-0.2, -0.15) is 0 Å². The van der Waals surface area contributed by atoms with Crippen LogP contribution in [-0.4, -0.2) is 150 Å². The molecular formula is C54H76O17. The van der Waals surface area contributed by atoms with Gasteiger partial charge >= 0.3 is 11.9 Å². The largest absolute Gasteiger partial charge is 0.458 e. The van der Waals surface area contributed by atoms with E-state index in [9.17, 15) is 64.8 Å². The van der Waals surface area contributed by atoms with Crippen LogP contribution in [0, 0.1) is 63.1 Å². The van der Waals surface area contributed by atoms with Crippen LogP contribution in [0.15, 0.2) is 23.3 Å². The van der Waals surface area contributed by atoms with Gasteiger partial charge in [0.15, 0.2) is 6.29 Å². The number of Topliss-reactive ketones (excluding diaryl/α,β-unsaturated/α-hetero) is 1. The van der Waals surface area contributed by atoms with Crippen molar-refractivity contribution in [3.63, 3.8) is 0 Å². The number of carbonyl (C=O) groups excluding carboxylic acids is 5. The van der Waals surface area contributed by atoms with Crippen LogP contribution in [0.3, 0.4) is 0 Å². The summed E-state index contributed by atoms with van der Waals surface area (Å²) in [5, 5.41) is 89.4. The van der Waals surface area contributed by atoms with Crippen molar-refractivity contribution in [3.05, 3.63) is 23.3 Å². The van der Waals surface area contributed by atoms with Crippen molar-refractivity contribution in [3.8, 4) is 0 Å². The molecule has 0 aromatic rings. The maximum atomic E-state index is 13.0. The molecule has 0 aromatic carbocycles. The molecule has 0 aromatic heterocycles. The van der Waals surface area contributed by atoms with Gasteiger partial charge in [0.1, 0.15) is 49.9 Å². The van der Waals surface area contributed by atoms with Gasteiger partial charge in [-0.15, -0.1) is 0 Å². The van der Waals surface area contributed by atoms with E-state index >= 15 is 0 Å². The summed E-state index contributed by atoms with van der Waals surface area (Å²) in [5.74, 6) is -2.42. The van der Waals surface area contributed by atoms with E-state index in [-0.39, 0.29) is 92.1 Å². The fourth-order valence-corrected chi connectivity index (χ4v) is 18.7. The molecule has 394 valence electrons. The second-order valence-electron chi connectivity index (χ2n) is 24.8. The number of hydrogen-bond donors (Lipinski definition) is 8. The van der Waals surface area contributed by atoms with E-state index in [0.717, 1.165) is 36.6 Å². The maximum absolute atomic E-state index is 13.0. The van der Waals surface area contributed by atoms with Crippen LogP contribution < -0.4 is 0 Å². The van der Waals surface area contributed by atoms with Gasteiger partial charge < -0.3 is 69.4 Å². The van der Waals surface area contributed by atoms with Gasteiger partial charge in [0.2, 0.25) is 0 Å². The van der Waals surface area contributed by atoms with E-state index in [1.807, 2.05) is 0 Å². The monoisotopic (exact) mass is 997 g/mol. The molecule has 9 fully saturated rings. The molecule has 17 nitrogen and oxygen atoms in total. The Balaban J connectivity index is 0.000000167. The number of aliphatic hydroxyl groups excluding tert-OH is 4. The Morgan fingerprint density at radius 1 is 0.648 bits per heavy atom. The zero-order chi connectivity index (χ0) is 51.1. The van der Waals surface area contributed by atoms with Crippen molar-refractivity contribution in [1.29, 1.82) is 0 Å². The number of ether oxygens (including phenoxy) is 4. The number of esters is 2. The van der Waals surface area contributed by atoms with Crippen molar-refractivity contribution < 1.29 is 83.8 Å². The summed E-state index contributed by atoms with van der Waals surface area (Å²) in [6.07, 6.45) is 5.86. The first-order chi connectivity index (χ1) is 33.4. The minimum Gasteiger partial charge on any atom is -0.458 e. The summed E-state index contributed by atoms with van der Waals surface area (Å²) in [4.78, 5) is 62.0.